The molecular weight excluding hydrogens is 370 g/mol. The van der Waals surface area contributed by atoms with E-state index in [0.29, 0.717) is 23.9 Å². The van der Waals surface area contributed by atoms with Gasteiger partial charge in [0.2, 0.25) is 10.0 Å². The number of aromatic nitrogens is 2. The molecule has 2 aromatic carbocycles. The number of nitrogens with zero attached hydrogens (tertiary/aromatic N) is 3. The summed E-state index contributed by atoms with van der Waals surface area (Å²) in [5, 5.41) is 1.09. The molecule has 0 amide bonds. The molecule has 4 rings (SSSR count). The molecular formula is C22H25N3O2S. The lowest BCUT2D eigenvalue weighted by Gasteiger charge is -2.33. The first-order valence-corrected chi connectivity index (χ1v) is 11.2. The Morgan fingerprint density at radius 2 is 1.61 bits per heavy atom. The molecule has 0 N–H and O–H groups in total. The van der Waals surface area contributed by atoms with Crippen LogP contribution in [0.1, 0.15) is 37.2 Å². The van der Waals surface area contributed by atoms with Gasteiger partial charge in [-0.05, 0) is 43.9 Å². The predicted octanol–water partition coefficient (Wildman–Crippen LogP) is 4.14. The molecule has 0 bridgehead atoms. The summed E-state index contributed by atoms with van der Waals surface area (Å²) < 4.78 is 27.3. The van der Waals surface area contributed by atoms with Gasteiger partial charge in [0.05, 0.1) is 10.4 Å². The van der Waals surface area contributed by atoms with E-state index in [1.54, 1.807) is 28.6 Å². The summed E-state index contributed by atoms with van der Waals surface area (Å²) in [5.41, 5.74) is 1.97. The van der Waals surface area contributed by atoms with Gasteiger partial charge >= 0.3 is 0 Å². The van der Waals surface area contributed by atoms with Crippen LogP contribution in [0.15, 0.2) is 59.5 Å². The van der Waals surface area contributed by atoms with Crippen LogP contribution in [0.4, 0.5) is 0 Å². The summed E-state index contributed by atoms with van der Waals surface area (Å²) in [6.07, 6.45) is 1.64. The van der Waals surface area contributed by atoms with E-state index in [9.17, 15) is 8.42 Å². The fourth-order valence-electron chi connectivity index (χ4n) is 4.03. The first kappa shape index (κ1) is 19.0. The summed E-state index contributed by atoms with van der Waals surface area (Å²) in [6.45, 7) is 5.27. The van der Waals surface area contributed by atoms with Gasteiger partial charge in [-0.25, -0.2) is 18.4 Å². The number of rotatable bonds is 4. The number of hydrogen-bond acceptors (Lipinski definition) is 4. The average molecular weight is 396 g/mol. The molecule has 28 heavy (non-hydrogen) atoms. The maximum absolute atomic E-state index is 12.8. The van der Waals surface area contributed by atoms with Crippen LogP contribution >= 0.6 is 0 Å². The van der Waals surface area contributed by atoms with Gasteiger partial charge in [0, 0.05) is 30.1 Å². The van der Waals surface area contributed by atoms with E-state index in [1.165, 1.54) is 0 Å². The van der Waals surface area contributed by atoms with E-state index in [4.69, 9.17) is 9.97 Å². The molecule has 1 unspecified atom stereocenters. The highest BCUT2D eigenvalue weighted by Crippen LogP contribution is 2.33. The van der Waals surface area contributed by atoms with E-state index in [-0.39, 0.29) is 5.92 Å². The van der Waals surface area contributed by atoms with Gasteiger partial charge in [0.15, 0.2) is 0 Å². The second-order valence-electron chi connectivity index (χ2n) is 7.53. The maximum Gasteiger partial charge on any atom is 0.243 e. The number of fused-ring (bicyclic) bond motifs is 1. The van der Waals surface area contributed by atoms with Gasteiger partial charge < -0.3 is 0 Å². The standard InChI is InChI=1S/C22H25N3O2S/c1-16(22-23-17(2)20-10-6-7-11-21(20)24-22)18-12-14-25(15-13-18)28(26,27)19-8-4-3-5-9-19/h3-11,16,18H,12-15H2,1-2H3. The molecule has 1 atom stereocenters. The molecule has 2 heterocycles. The molecule has 6 heteroatoms. The first-order valence-electron chi connectivity index (χ1n) is 9.75. The van der Waals surface area contributed by atoms with Gasteiger partial charge in [0.1, 0.15) is 5.82 Å². The summed E-state index contributed by atoms with van der Waals surface area (Å²) in [4.78, 5) is 9.90. The quantitative estimate of drug-likeness (QED) is 0.666. The predicted molar refractivity (Wildman–Crippen MR) is 111 cm³/mol. The van der Waals surface area contributed by atoms with Crippen molar-refractivity contribution in [1.29, 1.82) is 0 Å². The fraction of sp³-hybridized carbons (Fsp3) is 0.364. The number of piperidine rings is 1. The number of sulfonamides is 1. The molecule has 0 saturated carbocycles. The number of aryl methyl sites for hydroxylation is 1. The summed E-state index contributed by atoms with van der Waals surface area (Å²) in [6, 6.07) is 16.8. The van der Waals surface area contributed by atoms with Crippen molar-refractivity contribution in [2.45, 2.75) is 37.5 Å². The topological polar surface area (TPSA) is 63.2 Å². The minimum Gasteiger partial charge on any atom is -0.237 e. The zero-order valence-electron chi connectivity index (χ0n) is 16.2. The van der Waals surface area contributed by atoms with Crippen LogP contribution in [-0.2, 0) is 10.0 Å². The van der Waals surface area contributed by atoms with Crippen molar-refractivity contribution < 1.29 is 8.42 Å². The highest BCUT2D eigenvalue weighted by molar-refractivity contribution is 7.89. The number of benzene rings is 2. The van der Waals surface area contributed by atoms with Gasteiger partial charge in [-0.1, -0.05) is 43.3 Å². The van der Waals surface area contributed by atoms with Crippen LogP contribution in [-0.4, -0.2) is 35.8 Å². The third-order valence-corrected chi connectivity index (χ3v) is 7.72. The molecule has 5 nitrogen and oxygen atoms in total. The smallest absolute Gasteiger partial charge is 0.237 e. The van der Waals surface area contributed by atoms with E-state index >= 15 is 0 Å². The normalized spacial score (nSPS) is 17.6. The Balaban J connectivity index is 1.49. The molecule has 0 aliphatic carbocycles. The van der Waals surface area contributed by atoms with E-state index < -0.39 is 10.0 Å². The summed E-state index contributed by atoms with van der Waals surface area (Å²) in [5.74, 6) is 1.44. The second kappa shape index (κ2) is 7.60. The minimum atomic E-state index is -3.41. The molecule has 1 fully saturated rings. The zero-order valence-corrected chi connectivity index (χ0v) is 17.1. The Morgan fingerprint density at radius 1 is 0.964 bits per heavy atom. The maximum atomic E-state index is 12.8. The Labute approximate surface area is 166 Å². The Morgan fingerprint density at radius 3 is 2.32 bits per heavy atom. The largest absolute Gasteiger partial charge is 0.243 e. The minimum absolute atomic E-state index is 0.199. The van der Waals surface area contributed by atoms with Crippen molar-refractivity contribution >= 4 is 20.9 Å². The molecule has 1 aromatic heterocycles. The van der Waals surface area contributed by atoms with Crippen LogP contribution in [0, 0.1) is 12.8 Å². The van der Waals surface area contributed by atoms with E-state index in [1.807, 2.05) is 37.3 Å². The SMILES string of the molecule is Cc1nc(C(C)C2CCN(S(=O)(=O)c3ccccc3)CC2)nc2ccccc12. The number of hydrogen-bond donors (Lipinski definition) is 0. The van der Waals surface area contributed by atoms with Crippen molar-refractivity contribution in [2.24, 2.45) is 5.92 Å². The van der Waals surface area contributed by atoms with Gasteiger partial charge in [-0.2, -0.15) is 4.31 Å². The lowest BCUT2D eigenvalue weighted by Crippen LogP contribution is -2.39. The second-order valence-corrected chi connectivity index (χ2v) is 9.47. The van der Waals surface area contributed by atoms with Gasteiger partial charge in [0.25, 0.3) is 0 Å². The highest BCUT2D eigenvalue weighted by Gasteiger charge is 2.32. The Bertz CT molecular complexity index is 1080. The lowest BCUT2D eigenvalue weighted by atomic mass is 9.85. The van der Waals surface area contributed by atoms with E-state index in [0.717, 1.165) is 35.3 Å². The van der Waals surface area contributed by atoms with E-state index in [2.05, 4.69) is 6.92 Å². The molecule has 3 aromatic rings. The molecule has 1 saturated heterocycles. The summed E-state index contributed by atoms with van der Waals surface area (Å²) >= 11 is 0. The molecule has 1 aliphatic rings. The fourth-order valence-corrected chi connectivity index (χ4v) is 5.52. The monoisotopic (exact) mass is 395 g/mol. The van der Waals surface area contributed by atoms with Crippen LogP contribution < -0.4 is 0 Å². The van der Waals surface area contributed by atoms with Crippen molar-refractivity contribution in [1.82, 2.24) is 14.3 Å². The van der Waals surface area contributed by atoms with Crippen LogP contribution in [0.3, 0.4) is 0 Å². The first-order chi connectivity index (χ1) is 13.5. The van der Waals surface area contributed by atoms with Crippen molar-refractivity contribution in [3.63, 3.8) is 0 Å². The lowest BCUT2D eigenvalue weighted by molar-refractivity contribution is 0.246. The molecule has 0 spiro atoms. The molecule has 0 radical (unpaired) electrons. The van der Waals surface area contributed by atoms with Crippen molar-refractivity contribution in [2.75, 3.05) is 13.1 Å². The average Bonchev–Trinajstić information content (AvgIpc) is 2.74. The third-order valence-electron chi connectivity index (χ3n) is 5.81. The van der Waals surface area contributed by atoms with Crippen LogP contribution in [0.25, 0.3) is 10.9 Å². The van der Waals surface area contributed by atoms with Crippen molar-refractivity contribution in [3.8, 4) is 0 Å². The van der Waals surface area contributed by atoms with Gasteiger partial charge in [-0.3, -0.25) is 0 Å². The molecule has 146 valence electrons. The van der Waals surface area contributed by atoms with Crippen molar-refractivity contribution in [3.05, 3.63) is 66.1 Å². The third kappa shape index (κ3) is 3.54. The zero-order chi connectivity index (χ0) is 19.7. The Kier molecular flexibility index (Phi) is 5.17. The van der Waals surface area contributed by atoms with Crippen LogP contribution in [0.5, 0.6) is 0 Å². The van der Waals surface area contributed by atoms with Crippen LogP contribution in [0.2, 0.25) is 0 Å². The van der Waals surface area contributed by atoms with Gasteiger partial charge in [-0.15, -0.1) is 0 Å². The number of para-hydroxylation sites is 1. The molecule has 1 aliphatic heterocycles. The summed E-state index contributed by atoms with van der Waals surface area (Å²) in [7, 11) is -3.41. The Hall–Kier alpha value is -2.31. The highest BCUT2D eigenvalue weighted by atomic mass is 32.2.